The van der Waals surface area contributed by atoms with Gasteiger partial charge in [-0.1, -0.05) is 283 Å². The van der Waals surface area contributed by atoms with Gasteiger partial charge < -0.3 is 15.3 Å². The van der Waals surface area contributed by atoms with E-state index in [9.17, 15) is 15.3 Å². The van der Waals surface area contributed by atoms with Gasteiger partial charge in [0.05, 0.1) is 0 Å². The number of hydrogen-bond donors (Lipinski definition) is 3. The van der Waals surface area contributed by atoms with Crippen LogP contribution in [0.15, 0.2) is 54.6 Å². The third kappa shape index (κ3) is 23.0. The van der Waals surface area contributed by atoms with Gasteiger partial charge >= 0.3 is 0 Å². The van der Waals surface area contributed by atoms with Crippen molar-refractivity contribution in [1.29, 1.82) is 0 Å². The summed E-state index contributed by atoms with van der Waals surface area (Å²) < 4.78 is 0. The van der Waals surface area contributed by atoms with E-state index in [2.05, 4.69) is 228 Å². The monoisotopic (exact) mass is 1720 g/mol. The first kappa shape index (κ1) is 83.2. The minimum absolute atomic E-state index is 0. The normalized spacial score (nSPS) is 18.4. The Labute approximate surface area is 582 Å². The van der Waals surface area contributed by atoms with Gasteiger partial charge in [0, 0.05) is 120 Å². The molecule has 0 heterocycles. The summed E-state index contributed by atoms with van der Waals surface area (Å²) in [5.74, 6) is 23.4. The van der Waals surface area contributed by atoms with Crippen LogP contribution in [0.25, 0.3) is 0 Å². The number of benzene rings is 3. The van der Waals surface area contributed by atoms with E-state index >= 15 is 0 Å². The molecule has 3 N–H and O–H groups in total. The smallest absolute Gasteiger partial charge is 0.123 e. The molecule has 3 aliphatic carbocycles. The average Bonchev–Trinajstić information content (AvgIpc) is 3.63. The number of phenols is 3. The Bertz CT molecular complexity index is 1710. The zero-order valence-electron chi connectivity index (χ0n) is 56.0. The molecule has 3 aliphatic rings. The number of para-hydroxylation sites is 3. The van der Waals surface area contributed by atoms with Gasteiger partial charge in [-0.15, -0.1) is 0 Å². The summed E-state index contributed by atoms with van der Waals surface area (Å²) in [6.07, 6.45) is 0. The predicted molar refractivity (Wildman–Crippen MR) is 330 cm³/mol. The number of rotatable bonds is 0. The van der Waals surface area contributed by atoms with Crippen molar-refractivity contribution in [1.82, 2.24) is 0 Å². The zero-order chi connectivity index (χ0) is 59.2. The maximum Gasteiger partial charge on any atom is 0.123 e. The minimum atomic E-state index is -0.00859. The van der Waals surface area contributed by atoms with Crippen molar-refractivity contribution in [3.05, 3.63) is 177 Å². The summed E-state index contributed by atoms with van der Waals surface area (Å²) in [7, 11) is 0. The summed E-state index contributed by atoms with van der Waals surface area (Å²) in [6.45, 7) is 71.1. The Kier molecular flexibility index (Phi) is 35.5. The van der Waals surface area contributed by atoms with Crippen molar-refractivity contribution >= 4 is 0 Å². The van der Waals surface area contributed by atoms with Crippen molar-refractivity contribution in [2.45, 2.75) is 261 Å². The zero-order valence-corrected chi connectivity index (χ0v) is 68.4. The molecule has 0 amide bonds. The number of aromatic hydroxyl groups is 3. The van der Waals surface area contributed by atoms with Gasteiger partial charge in [0.25, 0.3) is 0 Å². The topological polar surface area (TPSA) is 60.7 Å². The second-order valence-corrected chi connectivity index (χ2v) is 28.0. The molecule has 429 valence electrons. The van der Waals surface area contributed by atoms with Crippen LogP contribution in [0.2, 0.25) is 0 Å². The van der Waals surface area contributed by atoms with Crippen LogP contribution in [-0.4, -0.2) is 15.3 Å². The predicted octanol–water partition coefficient (Wildman–Crippen LogP) is 20.9. The van der Waals surface area contributed by atoms with Crippen LogP contribution in [0, 0.1) is 209 Å². The third-order valence-corrected chi connectivity index (χ3v) is 16.4. The molecule has 3 fully saturated rings. The van der Waals surface area contributed by atoms with Crippen LogP contribution in [0.4, 0.5) is 0 Å². The van der Waals surface area contributed by atoms with E-state index in [4.69, 9.17) is 0 Å². The summed E-state index contributed by atoms with van der Waals surface area (Å²) in [5, 5.41) is 30.8. The van der Waals surface area contributed by atoms with Crippen LogP contribution < -0.4 is 0 Å². The molecule has 3 aromatic carbocycles. The number of hydrogen-bond acceptors (Lipinski definition) is 3. The summed E-state index contributed by atoms with van der Waals surface area (Å²) >= 11 is 0. The fourth-order valence-electron chi connectivity index (χ4n) is 9.48. The SMILES string of the molecule is CC(C)(C)c1cccc(C(C)(C)C)c1O.CC(C)(C)c1cccc(C(C)(C)C)c1O.CC(C)(C)c1cccc(C(C)(C)C)c1O.C[C]1[C](C)[C](C)[C](C)[C]1C.C[C]1[C](C)[C](C)[C](C)[C]1C.C[C]1[C](C)[C](C)[C](C)[C]1C.[Th].[Th].[Th]. The van der Waals surface area contributed by atoms with Crippen molar-refractivity contribution in [2.24, 2.45) is 0 Å². The van der Waals surface area contributed by atoms with Crippen LogP contribution in [0.5, 0.6) is 17.2 Å². The van der Waals surface area contributed by atoms with Crippen LogP contribution in [-0.2, 0) is 32.5 Å². The maximum atomic E-state index is 10.3. The Morgan fingerprint density at radius 1 is 0.192 bits per heavy atom. The molecule has 6 rings (SSSR count). The van der Waals surface area contributed by atoms with Crippen LogP contribution in [0.3, 0.4) is 0 Å². The van der Waals surface area contributed by atoms with Gasteiger partial charge in [-0.25, -0.2) is 0 Å². The van der Waals surface area contributed by atoms with Gasteiger partial charge in [-0.05, 0) is 155 Å². The van der Waals surface area contributed by atoms with Gasteiger partial charge in [0.1, 0.15) is 17.2 Å². The summed E-state index contributed by atoms with van der Waals surface area (Å²) in [5.41, 5.74) is 6.09. The Morgan fingerprint density at radius 2 is 0.269 bits per heavy atom. The van der Waals surface area contributed by atoms with E-state index in [1.165, 1.54) is 88.8 Å². The van der Waals surface area contributed by atoms with Gasteiger partial charge in [0.15, 0.2) is 0 Å². The quantitative estimate of drug-likeness (QED) is 0.210. The summed E-state index contributed by atoms with van der Waals surface area (Å²) in [6, 6.07) is 18.1. The molecule has 0 unspecified atom stereocenters. The largest absolute Gasteiger partial charge is 0.507 e. The van der Waals surface area contributed by atoms with Gasteiger partial charge in [-0.3, -0.25) is 0 Å². The minimum Gasteiger partial charge on any atom is -0.507 e. The Hall–Kier alpha value is 1.03. The molecule has 0 atom stereocenters. The molecule has 0 aliphatic heterocycles. The summed E-state index contributed by atoms with van der Waals surface area (Å²) in [4.78, 5) is 0. The molecule has 6 heteroatoms. The van der Waals surface area contributed by atoms with E-state index in [0.29, 0.717) is 17.2 Å². The van der Waals surface area contributed by atoms with E-state index in [0.717, 1.165) is 33.4 Å². The fraction of sp³-hybridized carbons (Fsp3) is 0.542. The standard InChI is InChI=1S/3C14H22O.3C10H15.3Th/c3*1-13(2,3)10-8-7-9-11(12(10)15)14(4,5)6;3*1-6-7(2)9(4)10(5)8(6)3;;;/h3*7-9,15H,1-6H3;3*1-5H3;;;. The van der Waals surface area contributed by atoms with Crippen LogP contribution in [0.1, 0.15) is 262 Å². The van der Waals surface area contributed by atoms with Crippen molar-refractivity contribution in [3.63, 3.8) is 0 Å². The third-order valence-electron chi connectivity index (χ3n) is 16.4. The van der Waals surface area contributed by atoms with E-state index in [1.807, 2.05) is 54.6 Å². The maximum absolute atomic E-state index is 10.3. The number of phenolic OH excluding ortho intramolecular Hbond substituents is 3. The Morgan fingerprint density at radius 3 is 0.333 bits per heavy atom. The molecular weight excluding hydrogens is 1610 g/mol. The molecule has 15 radical (unpaired) electrons. The van der Waals surface area contributed by atoms with Crippen molar-refractivity contribution in [3.8, 4) is 17.2 Å². The Balaban J connectivity index is -0.000000867. The first-order valence-corrected chi connectivity index (χ1v) is 27.7. The molecule has 0 aromatic heterocycles. The van der Waals surface area contributed by atoms with E-state index in [1.54, 1.807) is 0 Å². The van der Waals surface area contributed by atoms with Gasteiger partial charge in [-0.2, -0.15) is 0 Å². The van der Waals surface area contributed by atoms with Gasteiger partial charge in [0.2, 0.25) is 0 Å². The molecule has 0 bridgehead atoms. The van der Waals surface area contributed by atoms with Crippen molar-refractivity contribution in [2.75, 3.05) is 0 Å². The average molecular weight is 1720 g/mol. The van der Waals surface area contributed by atoms with Crippen molar-refractivity contribution < 1.29 is 135 Å². The molecule has 0 spiro atoms. The molecule has 3 saturated carbocycles. The molecule has 0 saturated heterocycles. The second kappa shape index (κ2) is 33.2. The molecular formula is C72H111O3Th3. The fourth-order valence-corrected chi connectivity index (χ4v) is 9.48. The first-order valence-electron chi connectivity index (χ1n) is 27.7. The molecule has 3 aromatic rings. The molecule has 3 nitrogen and oxygen atoms in total. The second-order valence-electron chi connectivity index (χ2n) is 28.0. The molecule has 78 heavy (non-hydrogen) atoms. The van der Waals surface area contributed by atoms with E-state index < -0.39 is 0 Å². The first-order chi connectivity index (χ1) is 33.6. The van der Waals surface area contributed by atoms with E-state index in [-0.39, 0.29) is 152 Å². The van der Waals surface area contributed by atoms with Crippen LogP contribution >= 0.6 is 0 Å².